The lowest BCUT2D eigenvalue weighted by Gasteiger charge is -2.24. The van der Waals surface area contributed by atoms with E-state index in [4.69, 9.17) is 0 Å². The average molecular weight is 286 g/mol. The van der Waals surface area contributed by atoms with Gasteiger partial charge in [0.05, 0.1) is 13.2 Å². The highest BCUT2D eigenvalue weighted by atomic mass is 16.3. The van der Waals surface area contributed by atoms with Crippen LogP contribution < -0.4 is 4.90 Å². The van der Waals surface area contributed by atoms with Crippen LogP contribution in [-0.2, 0) is 19.6 Å². The zero-order valence-electron chi connectivity index (χ0n) is 12.4. The third-order valence-electron chi connectivity index (χ3n) is 3.38. The van der Waals surface area contributed by atoms with Gasteiger partial charge >= 0.3 is 0 Å². The fourth-order valence-corrected chi connectivity index (χ4v) is 2.27. The molecule has 2 aromatic rings. The first kappa shape index (κ1) is 15.5. The lowest BCUT2D eigenvalue weighted by Crippen LogP contribution is -2.27. The highest BCUT2D eigenvalue weighted by molar-refractivity contribution is 5.43. The van der Waals surface area contributed by atoms with E-state index in [1.165, 1.54) is 5.56 Å². The van der Waals surface area contributed by atoms with Crippen LogP contribution >= 0.6 is 0 Å². The molecule has 0 saturated heterocycles. The van der Waals surface area contributed by atoms with E-state index in [9.17, 15) is 10.2 Å². The Bertz CT molecular complexity index is 536. The zero-order chi connectivity index (χ0) is 15.1. The zero-order valence-corrected chi connectivity index (χ0v) is 12.4. The molecule has 1 aromatic heterocycles. The van der Waals surface area contributed by atoms with Crippen molar-refractivity contribution in [1.82, 2.24) is 4.98 Å². The Hall–Kier alpha value is -1.91. The summed E-state index contributed by atoms with van der Waals surface area (Å²) in [5.74, 6) is 0.802. The summed E-state index contributed by atoms with van der Waals surface area (Å²) >= 11 is 0. The molecule has 2 rings (SSSR count). The van der Waals surface area contributed by atoms with E-state index in [1.807, 2.05) is 42.2 Å². The summed E-state index contributed by atoms with van der Waals surface area (Å²) in [6.45, 7) is 3.31. The summed E-state index contributed by atoms with van der Waals surface area (Å²) in [6.07, 6.45) is 0.819. The van der Waals surface area contributed by atoms with Crippen LogP contribution in [0.2, 0.25) is 0 Å². The topological polar surface area (TPSA) is 56.6 Å². The molecule has 0 unspecified atom stereocenters. The molecule has 1 heterocycles. The van der Waals surface area contributed by atoms with Crippen LogP contribution in [0.5, 0.6) is 0 Å². The van der Waals surface area contributed by atoms with Crippen LogP contribution in [0.3, 0.4) is 0 Å². The van der Waals surface area contributed by atoms with Gasteiger partial charge in [-0.2, -0.15) is 0 Å². The first-order valence-electron chi connectivity index (χ1n) is 7.27. The Labute approximate surface area is 125 Å². The van der Waals surface area contributed by atoms with Gasteiger partial charge in [-0.25, -0.2) is 4.98 Å². The smallest absolute Gasteiger partial charge is 0.129 e. The minimum atomic E-state index is 0.000815. The van der Waals surface area contributed by atoms with Gasteiger partial charge in [-0.05, 0) is 29.7 Å². The van der Waals surface area contributed by atoms with Gasteiger partial charge in [-0.1, -0.05) is 37.3 Å². The summed E-state index contributed by atoms with van der Waals surface area (Å²) in [7, 11) is 0. The molecule has 0 aliphatic rings. The number of nitrogens with zero attached hydrogens (tertiary/aromatic N) is 2. The molecule has 0 aliphatic carbocycles. The predicted octanol–water partition coefficient (Wildman–Crippen LogP) is 2.14. The molecule has 21 heavy (non-hydrogen) atoms. The van der Waals surface area contributed by atoms with E-state index < -0.39 is 0 Å². The number of aliphatic hydroxyl groups excluding tert-OH is 2. The van der Waals surface area contributed by atoms with Crippen molar-refractivity contribution in [2.45, 2.75) is 26.5 Å². The number of aryl methyl sites for hydroxylation is 1. The van der Waals surface area contributed by atoms with Gasteiger partial charge in [0.25, 0.3) is 0 Å². The average Bonchev–Trinajstić information content (AvgIpc) is 2.55. The van der Waals surface area contributed by atoms with Crippen LogP contribution in [0.1, 0.15) is 23.7 Å². The van der Waals surface area contributed by atoms with Crippen LogP contribution in [0.4, 0.5) is 5.82 Å². The van der Waals surface area contributed by atoms with Gasteiger partial charge in [0.2, 0.25) is 0 Å². The largest absolute Gasteiger partial charge is 0.395 e. The molecule has 0 saturated carbocycles. The van der Waals surface area contributed by atoms with Crippen LogP contribution in [-0.4, -0.2) is 28.3 Å². The third kappa shape index (κ3) is 4.28. The molecule has 0 aliphatic heterocycles. The lowest BCUT2D eigenvalue weighted by atomic mass is 10.1. The van der Waals surface area contributed by atoms with E-state index in [0.29, 0.717) is 13.1 Å². The third-order valence-corrected chi connectivity index (χ3v) is 3.38. The van der Waals surface area contributed by atoms with Crippen molar-refractivity contribution in [3.05, 3.63) is 59.3 Å². The van der Waals surface area contributed by atoms with E-state index in [-0.39, 0.29) is 13.2 Å². The molecular weight excluding hydrogens is 264 g/mol. The second-order valence-electron chi connectivity index (χ2n) is 4.97. The molecular formula is C17H22N2O2. The molecule has 2 N–H and O–H groups in total. The van der Waals surface area contributed by atoms with Gasteiger partial charge in [0.1, 0.15) is 5.82 Å². The van der Waals surface area contributed by atoms with E-state index >= 15 is 0 Å². The van der Waals surface area contributed by atoms with Gasteiger partial charge < -0.3 is 15.1 Å². The number of hydrogen-bond acceptors (Lipinski definition) is 4. The number of pyridine rings is 1. The first-order chi connectivity index (χ1) is 10.3. The van der Waals surface area contributed by atoms with Gasteiger partial charge in [-0.15, -0.1) is 0 Å². The van der Waals surface area contributed by atoms with Crippen molar-refractivity contribution in [2.75, 3.05) is 18.1 Å². The summed E-state index contributed by atoms with van der Waals surface area (Å²) in [5, 5.41) is 18.7. The second-order valence-corrected chi connectivity index (χ2v) is 4.97. The van der Waals surface area contributed by atoms with E-state index in [2.05, 4.69) is 17.1 Å². The normalized spacial score (nSPS) is 10.6. The Morgan fingerprint density at radius 1 is 1.05 bits per heavy atom. The van der Waals surface area contributed by atoms with Crippen molar-refractivity contribution in [3.63, 3.8) is 0 Å². The SMILES string of the molecule is CCc1cc(CO)cc(N(CCO)Cc2ccccc2)n1. The van der Waals surface area contributed by atoms with Crippen molar-refractivity contribution < 1.29 is 10.2 Å². The number of hydrogen-bond donors (Lipinski definition) is 2. The van der Waals surface area contributed by atoms with Gasteiger partial charge in [0.15, 0.2) is 0 Å². The minimum absolute atomic E-state index is 0.000815. The standard InChI is InChI=1S/C17H22N2O2/c1-2-16-10-15(13-21)11-17(18-16)19(8-9-20)12-14-6-4-3-5-7-14/h3-7,10-11,20-21H,2,8-9,12-13H2,1H3. The number of benzene rings is 1. The summed E-state index contributed by atoms with van der Waals surface area (Å²) in [6, 6.07) is 13.9. The Morgan fingerprint density at radius 3 is 2.43 bits per heavy atom. The quantitative estimate of drug-likeness (QED) is 0.819. The van der Waals surface area contributed by atoms with E-state index in [0.717, 1.165) is 23.5 Å². The maximum atomic E-state index is 9.39. The number of aromatic nitrogens is 1. The highest BCUT2D eigenvalue weighted by Gasteiger charge is 2.10. The monoisotopic (exact) mass is 286 g/mol. The van der Waals surface area contributed by atoms with Crippen LogP contribution in [0, 0.1) is 0 Å². The molecule has 0 fully saturated rings. The Morgan fingerprint density at radius 2 is 1.81 bits per heavy atom. The van der Waals surface area contributed by atoms with Crippen molar-refractivity contribution in [3.8, 4) is 0 Å². The highest BCUT2D eigenvalue weighted by Crippen LogP contribution is 2.18. The minimum Gasteiger partial charge on any atom is -0.395 e. The first-order valence-corrected chi connectivity index (χ1v) is 7.27. The molecule has 1 aromatic carbocycles. The van der Waals surface area contributed by atoms with Crippen molar-refractivity contribution >= 4 is 5.82 Å². The van der Waals surface area contributed by atoms with Gasteiger partial charge in [-0.3, -0.25) is 0 Å². The van der Waals surface area contributed by atoms with Crippen LogP contribution in [0.15, 0.2) is 42.5 Å². The number of anilines is 1. The summed E-state index contributed by atoms with van der Waals surface area (Å²) in [4.78, 5) is 6.65. The van der Waals surface area contributed by atoms with Crippen molar-refractivity contribution in [1.29, 1.82) is 0 Å². The van der Waals surface area contributed by atoms with Crippen LogP contribution in [0.25, 0.3) is 0 Å². The molecule has 0 atom stereocenters. The second kappa shape index (κ2) is 7.76. The van der Waals surface area contributed by atoms with E-state index in [1.54, 1.807) is 0 Å². The Kier molecular flexibility index (Phi) is 5.72. The lowest BCUT2D eigenvalue weighted by molar-refractivity contribution is 0.281. The predicted molar refractivity (Wildman–Crippen MR) is 84.1 cm³/mol. The fourth-order valence-electron chi connectivity index (χ4n) is 2.27. The van der Waals surface area contributed by atoms with Crippen molar-refractivity contribution in [2.24, 2.45) is 0 Å². The summed E-state index contributed by atoms with van der Waals surface area (Å²) < 4.78 is 0. The number of aliphatic hydroxyl groups is 2. The van der Waals surface area contributed by atoms with Gasteiger partial charge in [0, 0.05) is 18.8 Å². The molecule has 112 valence electrons. The maximum absolute atomic E-state index is 9.39. The summed E-state index contributed by atoms with van der Waals surface area (Å²) in [5.41, 5.74) is 2.97. The molecule has 4 nitrogen and oxygen atoms in total. The Balaban J connectivity index is 2.28. The fraction of sp³-hybridized carbons (Fsp3) is 0.353. The molecule has 0 spiro atoms. The molecule has 0 amide bonds. The molecule has 0 radical (unpaired) electrons. The maximum Gasteiger partial charge on any atom is 0.129 e. The molecule has 4 heteroatoms. The number of rotatable bonds is 7. The molecule has 0 bridgehead atoms.